The maximum absolute atomic E-state index is 12.3. The van der Waals surface area contributed by atoms with Crippen molar-refractivity contribution >= 4 is 11.8 Å². The number of amides is 2. The highest BCUT2D eigenvalue weighted by molar-refractivity contribution is 5.95. The molecule has 7 nitrogen and oxygen atoms in total. The molecular formula is C18H28N4O3. The Bertz CT molecular complexity index is 711. The minimum atomic E-state index is -0.327. The van der Waals surface area contributed by atoms with Crippen molar-refractivity contribution in [1.82, 2.24) is 14.8 Å². The number of pyridine rings is 1. The lowest BCUT2D eigenvalue weighted by atomic mass is 9.97. The van der Waals surface area contributed by atoms with Crippen LogP contribution in [0.4, 0.5) is 0 Å². The fourth-order valence-corrected chi connectivity index (χ4v) is 3.34. The SMILES string of the molecule is Cc1cc(C)n(C)c(=O)c1C(=O)NCCCN1CCCC(C(N)=O)C1. The third-order valence-electron chi connectivity index (χ3n) is 4.94. The molecule has 0 spiro atoms. The van der Waals surface area contributed by atoms with E-state index in [-0.39, 0.29) is 28.9 Å². The van der Waals surface area contributed by atoms with Gasteiger partial charge in [0, 0.05) is 25.8 Å². The third kappa shape index (κ3) is 4.69. The van der Waals surface area contributed by atoms with Crippen molar-refractivity contribution in [3.63, 3.8) is 0 Å². The first kappa shape index (κ1) is 19.2. The monoisotopic (exact) mass is 348 g/mol. The molecule has 0 aromatic carbocycles. The van der Waals surface area contributed by atoms with Crippen LogP contribution in [0.3, 0.4) is 0 Å². The highest BCUT2D eigenvalue weighted by Crippen LogP contribution is 2.15. The second-order valence-corrected chi connectivity index (χ2v) is 6.86. The summed E-state index contributed by atoms with van der Waals surface area (Å²) in [6.45, 7) is 6.56. The molecule has 0 aliphatic carbocycles. The quantitative estimate of drug-likeness (QED) is 0.724. The van der Waals surface area contributed by atoms with Gasteiger partial charge in [-0.05, 0) is 57.8 Å². The number of nitrogens with two attached hydrogens (primary N) is 1. The summed E-state index contributed by atoms with van der Waals surface area (Å²) in [5.41, 5.74) is 6.85. The topological polar surface area (TPSA) is 97.4 Å². The molecule has 0 saturated carbocycles. The molecule has 1 aromatic heterocycles. The van der Waals surface area contributed by atoms with Crippen molar-refractivity contribution in [3.05, 3.63) is 33.2 Å². The van der Waals surface area contributed by atoms with Gasteiger partial charge >= 0.3 is 0 Å². The lowest BCUT2D eigenvalue weighted by Gasteiger charge is -2.31. The molecular weight excluding hydrogens is 320 g/mol. The van der Waals surface area contributed by atoms with Crippen molar-refractivity contribution in [3.8, 4) is 0 Å². The van der Waals surface area contributed by atoms with E-state index in [9.17, 15) is 14.4 Å². The zero-order valence-corrected chi connectivity index (χ0v) is 15.3. The number of nitrogens with one attached hydrogen (secondary N) is 1. The molecule has 1 aliphatic heterocycles. The van der Waals surface area contributed by atoms with Crippen LogP contribution in [-0.2, 0) is 11.8 Å². The number of carbonyl (C=O) groups excluding carboxylic acids is 2. The minimum Gasteiger partial charge on any atom is -0.369 e. The average Bonchev–Trinajstić information content (AvgIpc) is 2.57. The van der Waals surface area contributed by atoms with Gasteiger partial charge in [0.15, 0.2) is 0 Å². The molecule has 7 heteroatoms. The molecule has 1 atom stereocenters. The molecule has 3 N–H and O–H groups in total. The molecule has 1 aliphatic rings. The van der Waals surface area contributed by atoms with Gasteiger partial charge in [0.1, 0.15) is 5.56 Å². The molecule has 1 aromatic rings. The number of aryl methyl sites for hydroxylation is 2. The van der Waals surface area contributed by atoms with E-state index in [1.54, 1.807) is 14.0 Å². The predicted octanol–water partition coefficient (Wildman–Crippen LogP) is 0.319. The van der Waals surface area contributed by atoms with E-state index in [1.165, 1.54) is 4.57 Å². The van der Waals surface area contributed by atoms with Crippen LogP contribution in [0.25, 0.3) is 0 Å². The molecule has 25 heavy (non-hydrogen) atoms. The molecule has 1 saturated heterocycles. The van der Waals surface area contributed by atoms with Crippen LogP contribution in [0.1, 0.15) is 40.9 Å². The van der Waals surface area contributed by atoms with Gasteiger partial charge in [0.2, 0.25) is 5.91 Å². The number of likely N-dealkylation sites (tertiary alicyclic amines) is 1. The van der Waals surface area contributed by atoms with Crippen LogP contribution in [0.2, 0.25) is 0 Å². The Balaban J connectivity index is 1.85. The Morgan fingerprint density at radius 2 is 2.08 bits per heavy atom. The largest absolute Gasteiger partial charge is 0.369 e. The first-order chi connectivity index (χ1) is 11.8. The maximum Gasteiger partial charge on any atom is 0.263 e. The predicted molar refractivity (Wildman–Crippen MR) is 96.5 cm³/mol. The van der Waals surface area contributed by atoms with E-state index >= 15 is 0 Å². The standard InChI is InChI=1S/C18H28N4O3/c1-12-10-13(2)21(3)18(25)15(12)17(24)20-7-5-9-22-8-4-6-14(11-22)16(19)23/h10,14H,4-9,11H2,1-3H3,(H2,19,23)(H,20,24). The number of primary amides is 1. The highest BCUT2D eigenvalue weighted by atomic mass is 16.2. The molecule has 2 heterocycles. The summed E-state index contributed by atoms with van der Waals surface area (Å²) < 4.78 is 1.49. The summed E-state index contributed by atoms with van der Waals surface area (Å²) in [7, 11) is 1.67. The maximum atomic E-state index is 12.3. The molecule has 0 bridgehead atoms. The lowest BCUT2D eigenvalue weighted by molar-refractivity contribution is -0.123. The van der Waals surface area contributed by atoms with Crippen molar-refractivity contribution in [2.75, 3.05) is 26.2 Å². The number of rotatable bonds is 6. The second kappa shape index (κ2) is 8.29. The number of aromatic nitrogens is 1. The Morgan fingerprint density at radius 1 is 1.36 bits per heavy atom. The van der Waals surface area contributed by atoms with Gasteiger partial charge in [-0.15, -0.1) is 0 Å². The Hall–Kier alpha value is -2.15. The number of nitrogens with zero attached hydrogens (tertiary/aromatic N) is 2. The van der Waals surface area contributed by atoms with E-state index in [4.69, 9.17) is 5.73 Å². The van der Waals surface area contributed by atoms with Crippen molar-refractivity contribution < 1.29 is 9.59 Å². The summed E-state index contributed by atoms with van der Waals surface area (Å²) in [5, 5.41) is 2.83. The van der Waals surface area contributed by atoms with Gasteiger partial charge in [0.05, 0.1) is 5.92 Å². The second-order valence-electron chi connectivity index (χ2n) is 6.86. The van der Waals surface area contributed by atoms with Gasteiger partial charge in [-0.25, -0.2) is 0 Å². The van der Waals surface area contributed by atoms with Crippen LogP contribution < -0.4 is 16.6 Å². The molecule has 2 amide bonds. The first-order valence-electron chi connectivity index (χ1n) is 8.78. The molecule has 1 fully saturated rings. The zero-order valence-electron chi connectivity index (χ0n) is 15.3. The van der Waals surface area contributed by atoms with Crippen LogP contribution in [0.5, 0.6) is 0 Å². The summed E-state index contributed by atoms with van der Waals surface area (Å²) in [4.78, 5) is 38.1. The molecule has 2 rings (SSSR count). The number of hydrogen-bond acceptors (Lipinski definition) is 4. The number of carbonyl (C=O) groups is 2. The van der Waals surface area contributed by atoms with Crippen LogP contribution in [-0.4, -0.2) is 47.5 Å². The smallest absolute Gasteiger partial charge is 0.263 e. The summed E-state index contributed by atoms with van der Waals surface area (Å²) in [5.74, 6) is -0.628. The fraction of sp³-hybridized carbons (Fsp3) is 0.611. The molecule has 138 valence electrons. The van der Waals surface area contributed by atoms with Gasteiger partial charge in [-0.2, -0.15) is 0 Å². The third-order valence-corrected chi connectivity index (χ3v) is 4.94. The fourth-order valence-electron chi connectivity index (χ4n) is 3.34. The summed E-state index contributed by atoms with van der Waals surface area (Å²) in [6, 6.07) is 1.84. The highest BCUT2D eigenvalue weighted by Gasteiger charge is 2.23. The van der Waals surface area contributed by atoms with E-state index < -0.39 is 0 Å². The Kier molecular flexibility index (Phi) is 6.36. The zero-order chi connectivity index (χ0) is 18.6. The van der Waals surface area contributed by atoms with E-state index in [1.807, 2.05) is 13.0 Å². The minimum absolute atomic E-state index is 0.0680. The Morgan fingerprint density at radius 3 is 2.76 bits per heavy atom. The number of piperidine rings is 1. The van der Waals surface area contributed by atoms with E-state index in [2.05, 4.69) is 10.2 Å². The number of hydrogen-bond donors (Lipinski definition) is 2. The van der Waals surface area contributed by atoms with E-state index in [0.29, 0.717) is 18.7 Å². The van der Waals surface area contributed by atoms with Gasteiger partial charge in [0.25, 0.3) is 11.5 Å². The molecule has 0 radical (unpaired) electrons. The van der Waals surface area contributed by atoms with Crippen LogP contribution in [0.15, 0.2) is 10.9 Å². The van der Waals surface area contributed by atoms with Gasteiger partial charge in [-0.1, -0.05) is 0 Å². The van der Waals surface area contributed by atoms with E-state index in [0.717, 1.165) is 38.0 Å². The first-order valence-corrected chi connectivity index (χ1v) is 8.78. The van der Waals surface area contributed by atoms with Crippen LogP contribution >= 0.6 is 0 Å². The van der Waals surface area contributed by atoms with Gasteiger partial charge < -0.3 is 20.5 Å². The molecule has 1 unspecified atom stereocenters. The summed E-state index contributed by atoms with van der Waals surface area (Å²) >= 11 is 0. The Labute approximate surface area is 148 Å². The van der Waals surface area contributed by atoms with Gasteiger partial charge in [-0.3, -0.25) is 14.4 Å². The van der Waals surface area contributed by atoms with Crippen molar-refractivity contribution in [1.29, 1.82) is 0 Å². The van der Waals surface area contributed by atoms with Crippen LogP contribution in [0, 0.1) is 19.8 Å². The lowest BCUT2D eigenvalue weighted by Crippen LogP contribution is -2.42. The van der Waals surface area contributed by atoms with Crippen molar-refractivity contribution in [2.24, 2.45) is 18.7 Å². The van der Waals surface area contributed by atoms with Crippen molar-refractivity contribution in [2.45, 2.75) is 33.1 Å². The normalized spacial score (nSPS) is 18.1. The average molecular weight is 348 g/mol. The summed E-state index contributed by atoms with van der Waals surface area (Å²) in [6.07, 6.45) is 2.60.